The molecule has 1 aromatic heterocycles. The Balaban J connectivity index is 1.55. The van der Waals surface area contributed by atoms with Gasteiger partial charge >= 0.3 is 0 Å². The Labute approximate surface area is 217 Å². The van der Waals surface area contributed by atoms with Gasteiger partial charge in [0, 0.05) is 30.5 Å². The van der Waals surface area contributed by atoms with E-state index in [0.717, 1.165) is 31.2 Å². The predicted molar refractivity (Wildman–Crippen MR) is 141 cm³/mol. The maximum absolute atomic E-state index is 14.2. The lowest BCUT2D eigenvalue weighted by Gasteiger charge is -2.36. The molecular formula is C29H34N4O4. The molecule has 1 N–H and O–H groups in total. The smallest absolute Gasteiger partial charge is 0.272 e. The molecule has 2 aromatic carbocycles. The molecular weight excluding hydrogens is 468 g/mol. The number of hydrogen-bond donors (Lipinski definition) is 1. The van der Waals surface area contributed by atoms with Crippen LogP contribution in [0.2, 0.25) is 0 Å². The Morgan fingerprint density at radius 3 is 2.41 bits per heavy atom. The van der Waals surface area contributed by atoms with E-state index in [-0.39, 0.29) is 24.5 Å². The average Bonchev–Trinajstić information content (AvgIpc) is 3.24. The zero-order valence-corrected chi connectivity index (χ0v) is 21.6. The molecule has 0 spiro atoms. The first-order valence-electron chi connectivity index (χ1n) is 13.0. The van der Waals surface area contributed by atoms with E-state index in [0.29, 0.717) is 28.4 Å². The lowest BCUT2D eigenvalue weighted by atomic mass is 9.94. The summed E-state index contributed by atoms with van der Waals surface area (Å²) in [6, 6.07) is 14.1. The number of aryl methyl sites for hydroxylation is 3. The van der Waals surface area contributed by atoms with Crippen LogP contribution in [0.1, 0.15) is 55.0 Å². The minimum atomic E-state index is -0.911. The van der Waals surface area contributed by atoms with E-state index in [9.17, 15) is 9.59 Å². The third kappa shape index (κ3) is 5.33. The molecule has 1 fully saturated rings. The molecule has 1 saturated carbocycles. The first kappa shape index (κ1) is 24.9. The van der Waals surface area contributed by atoms with Crippen molar-refractivity contribution in [3.63, 3.8) is 0 Å². The van der Waals surface area contributed by atoms with Crippen molar-refractivity contribution in [2.24, 2.45) is 7.05 Å². The van der Waals surface area contributed by atoms with Crippen LogP contribution in [-0.4, -0.2) is 40.3 Å². The van der Waals surface area contributed by atoms with Crippen LogP contribution in [0.15, 0.2) is 54.7 Å². The Hall–Kier alpha value is -3.81. The molecule has 37 heavy (non-hydrogen) atoms. The van der Waals surface area contributed by atoms with Gasteiger partial charge in [-0.25, -0.2) is 0 Å². The summed E-state index contributed by atoms with van der Waals surface area (Å²) in [6.07, 6.45) is 6.18. The van der Waals surface area contributed by atoms with Gasteiger partial charge in [0.1, 0.15) is 12.6 Å². The minimum absolute atomic E-state index is 0.0567. The van der Waals surface area contributed by atoms with Crippen LogP contribution in [0.3, 0.4) is 0 Å². The van der Waals surface area contributed by atoms with Crippen LogP contribution >= 0.6 is 0 Å². The van der Waals surface area contributed by atoms with Crippen LogP contribution in [0.4, 0.5) is 5.69 Å². The van der Waals surface area contributed by atoms with E-state index < -0.39 is 12.1 Å². The molecule has 0 bridgehead atoms. The largest absolute Gasteiger partial charge is 0.485 e. The molecule has 5 rings (SSSR count). The van der Waals surface area contributed by atoms with Gasteiger partial charge in [-0.1, -0.05) is 49.1 Å². The second kappa shape index (κ2) is 10.7. The molecule has 2 atom stereocenters. The lowest BCUT2D eigenvalue weighted by molar-refractivity contribution is -0.132. The molecule has 8 nitrogen and oxygen atoms in total. The highest BCUT2D eigenvalue weighted by atomic mass is 16.6. The Morgan fingerprint density at radius 2 is 1.73 bits per heavy atom. The zero-order valence-electron chi connectivity index (χ0n) is 21.6. The Morgan fingerprint density at radius 1 is 1.03 bits per heavy atom. The van der Waals surface area contributed by atoms with Gasteiger partial charge in [0.25, 0.3) is 5.91 Å². The van der Waals surface area contributed by atoms with Crippen LogP contribution in [0, 0.1) is 13.8 Å². The molecule has 2 aliphatic rings. The van der Waals surface area contributed by atoms with Crippen molar-refractivity contribution in [2.45, 2.75) is 64.1 Å². The molecule has 1 aliphatic heterocycles. The van der Waals surface area contributed by atoms with Crippen LogP contribution in [0.5, 0.6) is 11.5 Å². The standard InChI is InChI=1S/C29H34N4O4/c1-19-13-15-22(16-14-19)33(29(35)26-18-36-24-11-7-8-12-25(24)37-26)27(23-17-32(3)31-20(23)2)28(34)30-21-9-5-4-6-10-21/h7-8,11-17,21,26-27H,4-6,9-10,18H2,1-3H3,(H,30,34)/t26-,27-/m1/s1. The van der Waals surface area contributed by atoms with Crippen molar-refractivity contribution >= 4 is 17.5 Å². The van der Waals surface area contributed by atoms with Crippen LogP contribution in [0.25, 0.3) is 0 Å². The first-order chi connectivity index (χ1) is 17.9. The topological polar surface area (TPSA) is 85.7 Å². The fourth-order valence-electron chi connectivity index (χ4n) is 5.22. The number of nitrogens with zero attached hydrogens (tertiary/aromatic N) is 3. The van der Waals surface area contributed by atoms with Gasteiger partial charge in [-0.3, -0.25) is 19.2 Å². The summed E-state index contributed by atoms with van der Waals surface area (Å²) in [7, 11) is 1.82. The fraction of sp³-hybridized carbons (Fsp3) is 0.414. The number of fused-ring (bicyclic) bond motifs is 1. The number of nitrogens with one attached hydrogen (secondary N) is 1. The second-order valence-corrected chi connectivity index (χ2v) is 10.00. The van der Waals surface area contributed by atoms with Gasteiger partial charge in [0.05, 0.1) is 5.69 Å². The third-order valence-corrected chi connectivity index (χ3v) is 7.14. The van der Waals surface area contributed by atoms with Gasteiger partial charge in [0.15, 0.2) is 11.5 Å². The number of anilines is 1. The number of carbonyl (C=O) groups is 2. The lowest BCUT2D eigenvalue weighted by Crippen LogP contribution is -2.52. The number of rotatable bonds is 6. The molecule has 3 aromatic rings. The first-order valence-corrected chi connectivity index (χ1v) is 13.0. The SMILES string of the molecule is Cc1ccc(N(C(=O)[C@H]2COc3ccccc3O2)[C@@H](C(=O)NC2CCCCC2)c2cn(C)nc2C)cc1. The highest BCUT2D eigenvalue weighted by molar-refractivity contribution is 6.03. The highest BCUT2D eigenvalue weighted by Gasteiger charge is 2.41. The maximum Gasteiger partial charge on any atom is 0.272 e. The van der Waals surface area contributed by atoms with E-state index >= 15 is 0 Å². The molecule has 194 valence electrons. The van der Waals surface area contributed by atoms with Crippen LogP contribution < -0.4 is 19.7 Å². The number of benzene rings is 2. The maximum atomic E-state index is 14.2. The van der Waals surface area contributed by atoms with Gasteiger partial charge in [0.2, 0.25) is 12.0 Å². The number of hydrogen-bond acceptors (Lipinski definition) is 5. The molecule has 1 aliphatic carbocycles. The van der Waals surface area contributed by atoms with E-state index in [1.54, 1.807) is 15.6 Å². The Kier molecular flexibility index (Phi) is 7.17. The number of ether oxygens (including phenoxy) is 2. The van der Waals surface area contributed by atoms with Crippen molar-refractivity contribution in [2.75, 3.05) is 11.5 Å². The van der Waals surface area contributed by atoms with Gasteiger partial charge in [-0.2, -0.15) is 5.10 Å². The third-order valence-electron chi connectivity index (χ3n) is 7.14. The quantitative estimate of drug-likeness (QED) is 0.540. The molecule has 8 heteroatoms. The number of amides is 2. The fourth-order valence-corrected chi connectivity index (χ4v) is 5.22. The summed E-state index contributed by atoms with van der Waals surface area (Å²) in [5, 5.41) is 7.74. The van der Waals surface area contributed by atoms with Gasteiger partial charge in [-0.05, 0) is 51.0 Å². The highest BCUT2D eigenvalue weighted by Crippen LogP contribution is 2.35. The zero-order chi connectivity index (χ0) is 25.9. The summed E-state index contributed by atoms with van der Waals surface area (Å²) in [4.78, 5) is 29.8. The van der Waals surface area contributed by atoms with Gasteiger partial charge in [-0.15, -0.1) is 0 Å². The van der Waals surface area contributed by atoms with Crippen molar-refractivity contribution in [3.05, 3.63) is 71.5 Å². The summed E-state index contributed by atoms with van der Waals surface area (Å²) in [5.74, 6) is 0.555. The summed E-state index contributed by atoms with van der Waals surface area (Å²) >= 11 is 0. The van der Waals surface area contributed by atoms with Crippen molar-refractivity contribution < 1.29 is 19.1 Å². The van der Waals surface area contributed by atoms with Crippen molar-refractivity contribution in [1.29, 1.82) is 0 Å². The average molecular weight is 503 g/mol. The second-order valence-electron chi connectivity index (χ2n) is 10.00. The number of para-hydroxylation sites is 2. The monoisotopic (exact) mass is 502 g/mol. The number of carbonyl (C=O) groups excluding carboxylic acids is 2. The van der Waals surface area contributed by atoms with Crippen molar-refractivity contribution in [1.82, 2.24) is 15.1 Å². The minimum Gasteiger partial charge on any atom is -0.485 e. The number of aromatic nitrogens is 2. The normalized spacial score (nSPS) is 18.2. The molecule has 0 radical (unpaired) electrons. The summed E-state index contributed by atoms with van der Waals surface area (Å²) < 4.78 is 13.7. The molecule has 2 amide bonds. The van der Waals surface area contributed by atoms with E-state index in [4.69, 9.17) is 9.47 Å². The Bertz CT molecular complexity index is 1260. The summed E-state index contributed by atoms with van der Waals surface area (Å²) in [5.41, 5.74) is 3.05. The van der Waals surface area contributed by atoms with Crippen LogP contribution in [-0.2, 0) is 16.6 Å². The van der Waals surface area contributed by atoms with Crippen molar-refractivity contribution in [3.8, 4) is 11.5 Å². The van der Waals surface area contributed by atoms with E-state index in [1.165, 1.54) is 6.42 Å². The molecule has 2 heterocycles. The molecule has 0 saturated heterocycles. The van der Waals surface area contributed by atoms with Gasteiger partial charge < -0.3 is 14.8 Å². The predicted octanol–water partition coefficient (Wildman–Crippen LogP) is 4.40. The van der Waals surface area contributed by atoms with E-state index in [1.807, 2.05) is 69.6 Å². The van der Waals surface area contributed by atoms with E-state index in [2.05, 4.69) is 10.4 Å². The molecule has 0 unspecified atom stereocenters. The summed E-state index contributed by atoms with van der Waals surface area (Å²) in [6.45, 7) is 3.91.